The Balaban J connectivity index is 1.59. The lowest BCUT2D eigenvalue weighted by Gasteiger charge is -2.26. The van der Waals surface area contributed by atoms with E-state index in [1.54, 1.807) is 0 Å². The van der Waals surface area contributed by atoms with Gasteiger partial charge in [-0.1, -0.05) is 17.8 Å². The number of hydrogen-bond acceptors (Lipinski definition) is 6. The Morgan fingerprint density at radius 1 is 1.25 bits per heavy atom. The normalized spacial score (nSPS) is 15.4. The van der Waals surface area contributed by atoms with Crippen LogP contribution in [0.15, 0.2) is 24.3 Å². The van der Waals surface area contributed by atoms with Crippen molar-refractivity contribution in [1.82, 2.24) is 9.88 Å². The number of nitrogens with two attached hydrogens (primary N) is 1. The number of anilines is 2. The predicted molar refractivity (Wildman–Crippen MR) is 95.1 cm³/mol. The van der Waals surface area contributed by atoms with E-state index in [2.05, 4.69) is 15.2 Å². The van der Waals surface area contributed by atoms with Crippen LogP contribution in [0.2, 0.25) is 0 Å². The third-order valence-corrected chi connectivity index (χ3v) is 5.15. The van der Waals surface area contributed by atoms with Gasteiger partial charge >= 0.3 is 0 Å². The Labute approximate surface area is 144 Å². The van der Waals surface area contributed by atoms with Crippen molar-refractivity contribution in [3.05, 3.63) is 40.5 Å². The van der Waals surface area contributed by atoms with Crippen molar-refractivity contribution in [1.29, 1.82) is 0 Å². The Bertz CT molecular complexity index is 695. The van der Waals surface area contributed by atoms with E-state index in [1.807, 2.05) is 0 Å². The summed E-state index contributed by atoms with van der Waals surface area (Å²) in [6.45, 7) is 4.03. The molecule has 2 heterocycles. The minimum atomic E-state index is -0.371. The molecular weight excluding hydrogens is 327 g/mol. The van der Waals surface area contributed by atoms with Crippen molar-refractivity contribution in [2.24, 2.45) is 0 Å². The quantitative estimate of drug-likeness (QED) is 0.785. The molecule has 3 N–H and O–H groups in total. The number of hydrogen-bond donors (Lipinski definition) is 2. The maximum atomic E-state index is 13.0. The van der Waals surface area contributed by atoms with E-state index in [-0.39, 0.29) is 17.4 Å². The number of likely N-dealkylation sites (tertiary alicyclic amines) is 1. The van der Waals surface area contributed by atoms with E-state index in [1.165, 1.54) is 54.9 Å². The molecule has 3 rings (SSSR count). The van der Waals surface area contributed by atoms with Gasteiger partial charge in [0, 0.05) is 18.7 Å². The van der Waals surface area contributed by atoms with E-state index in [0.717, 1.165) is 26.2 Å². The van der Waals surface area contributed by atoms with E-state index in [4.69, 9.17) is 5.73 Å². The second-order valence-corrected chi connectivity index (χ2v) is 6.90. The highest BCUT2D eigenvalue weighted by Crippen LogP contribution is 2.27. The zero-order valence-corrected chi connectivity index (χ0v) is 14.2. The Morgan fingerprint density at radius 3 is 2.67 bits per heavy atom. The molecule has 5 nitrogen and oxygen atoms in total. The van der Waals surface area contributed by atoms with Gasteiger partial charge in [-0.15, -0.1) is 0 Å². The highest BCUT2D eigenvalue weighted by molar-refractivity contribution is 7.18. The molecule has 1 saturated heterocycles. The largest absolute Gasteiger partial charge is 0.382 e. The summed E-state index contributed by atoms with van der Waals surface area (Å²) in [7, 11) is 0. The molecule has 1 fully saturated rings. The lowest BCUT2D eigenvalue weighted by molar-refractivity contribution is 0.104. The van der Waals surface area contributed by atoms with Gasteiger partial charge in [0.05, 0.1) is 0 Å². The summed E-state index contributed by atoms with van der Waals surface area (Å²) in [5, 5.41) is 3.89. The summed E-state index contributed by atoms with van der Waals surface area (Å²) < 4.78 is 13.0. The van der Waals surface area contributed by atoms with Crippen LogP contribution in [0, 0.1) is 5.82 Å². The molecule has 24 heavy (non-hydrogen) atoms. The first-order valence-electron chi connectivity index (χ1n) is 8.16. The summed E-state index contributed by atoms with van der Waals surface area (Å²) >= 11 is 1.24. The van der Waals surface area contributed by atoms with Crippen LogP contribution >= 0.6 is 11.3 Å². The van der Waals surface area contributed by atoms with Crippen LogP contribution in [0.25, 0.3) is 0 Å². The third kappa shape index (κ3) is 4.10. The van der Waals surface area contributed by atoms with Crippen molar-refractivity contribution in [2.75, 3.05) is 37.2 Å². The number of thiazole rings is 1. The third-order valence-electron chi connectivity index (χ3n) is 4.12. The standard InChI is InChI=1S/C17H21FN4OS/c18-13-6-4-12(5-7-13)14(23)15-16(19)21-17(24-15)20-8-11-22-9-2-1-3-10-22/h4-7H,1-3,8-11,19H2,(H,20,21). The monoisotopic (exact) mass is 348 g/mol. The number of nitrogens with zero attached hydrogens (tertiary/aromatic N) is 2. The Morgan fingerprint density at radius 2 is 1.96 bits per heavy atom. The second kappa shape index (κ2) is 7.72. The van der Waals surface area contributed by atoms with Crippen LogP contribution in [0.5, 0.6) is 0 Å². The zero-order chi connectivity index (χ0) is 16.9. The first-order chi connectivity index (χ1) is 11.6. The number of carbonyl (C=O) groups is 1. The molecule has 128 valence electrons. The summed E-state index contributed by atoms with van der Waals surface area (Å²) in [6.07, 6.45) is 3.85. The van der Waals surface area contributed by atoms with Gasteiger partial charge in [-0.2, -0.15) is 0 Å². The molecule has 0 unspecified atom stereocenters. The van der Waals surface area contributed by atoms with Crippen LogP contribution in [0.4, 0.5) is 15.3 Å². The first kappa shape index (κ1) is 16.9. The van der Waals surface area contributed by atoms with Crippen LogP contribution in [0.3, 0.4) is 0 Å². The van der Waals surface area contributed by atoms with Crippen molar-refractivity contribution in [3.63, 3.8) is 0 Å². The fourth-order valence-electron chi connectivity index (χ4n) is 2.81. The smallest absolute Gasteiger partial charge is 0.206 e. The fourth-order valence-corrected chi connectivity index (χ4v) is 3.68. The maximum Gasteiger partial charge on any atom is 0.206 e. The summed E-state index contributed by atoms with van der Waals surface area (Å²) in [4.78, 5) is 19.5. The molecule has 2 aromatic rings. The highest BCUT2D eigenvalue weighted by atomic mass is 32.1. The predicted octanol–water partition coefficient (Wildman–Crippen LogP) is 2.99. The van der Waals surface area contributed by atoms with E-state index >= 15 is 0 Å². The molecule has 0 radical (unpaired) electrons. The van der Waals surface area contributed by atoms with Gasteiger partial charge in [0.15, 0.2) is 5.13 Å². The average Bonchev–Trinajstić information content (AvgIpc) is 2.96. The SMILES string of the molecule is Nc1nc(NCCN2CCCCC2)sc1C(=O)c1ccc(F)cc1. The minimum absolute atomic E-state index is 0.217. The number of nitrogens with one attached hydrogen (secondary N) is 1. The zero-order valence-electron chi connectivity index (χ0n) is 13.4. The van der Waals surface area contributed by atoms with Crippen molar-refractivity contribution in [2.45, 2.75) is 19.3 Å². The van der Waals surface area contributed by atoms with Crippen molar-refractivity contribution < 1.29 is 9.18 Å². The molecule has 0 aliphatic carbocycles. The second-order valence-electron chi connectivity index (χ2n) is 5.90. The van der Waals surface area contributed by atoms with Gasteiger partial charge in [0.1, 0.15) is 16.5 Å². The van der Waals surface area contributed by atoms with Gasteiger partial charge in [-0.3, -0.25) is 4.79 Å². The molecule has 1 aromatic heterocycles. The number of nitrogen functional groups attached to an aromatic ring is 1. The topological polar surface area (TPSA) is 71.2 Å². The van der Waals surface area contributed by atoms with Crippen LogP contribution in [0.1, 0.15) is 34.5 Å². The molecule has 1 aliphatic rings. The molecule has 0 atom stereocenters. The van der Waals surface area contributed by atoms with Gasteiger partial charge in [-0.05, 0) is 50.2 Å². The van der Waals surface area contributed by atoms with Gasteiger partial charge in [0.2, 0.25) is 5.78 Å². The van der Waals surface area contributed by atoms with Crippen molar-refractivity contribution >= 4 is 28.1 Å². The number of halogens is 1. The van der Waals surface area contributed by atoms with Gasteiger partial charge < -0.3 is 16.0 Å². The Hall–Kier alpha value is -1.99. The van der Waals surface area contributed by atoms with Gasteiger partial charge in [0.25, 0.3) is 0 Å². The molecule has 1 aromatic carbocycles. The lowest BCUT2D eigenvalue weighted by Crippen LogP contribution is -2.33. The molecule has 0 spiro atoms. The van der Waals surface area contributed by atoms with E-state index in [0.29, 0.717) is 15.6 Å². The fraction of sp³-hybridized carbons (Fsp3) is 0.412. The maximum absolute atomic E-state index is 13.0. The van der Waals surface area contributed by atoms with Crippen molar-refractivity contribution in [3.8, 4) is 0 Å². The van der Waals surface area contributed by atoms with E-state index < -0.39 is 0 Å². The average molecular weight is 348 g/mol. The number of ketones is 1. The molecular formula is C17H21FN4OS. The molecule has 0 bridgehead atoms. The minimum Gasteiger partial charge on any atom is -0.382 e. The first-order valence-corrected chi connectivity index (χ1v) is 8.98. The Kier molecular flexibility index (Phi) is 5.42. The number of rotatable bonds is 6. The summed E-state index contributed by atoms with van der Waals surface area (Å²) in [5.41, 5.74) is 6.29. The van der Waals surface area contributed by atoms with E-state index in [9.17, 15) is 9.18 Å². The highest BCUT2D eigenvalue weighted by Gasteiger charge is 2.18. The molecule has 1 aliphatic heterocycles. The van der Waals surface area contributed by atoms with Crippen LogP contribution in [-0.2, 0) is 0 Å². The molecule has 0 amide bonds. The number of piperidine rings is 1. The number of carbonyl (C=O) groups excluding carboxylic acids is 1. The molecule has 0 saturated carbocycles. The summed E-state index contributed by atoms with van der Waals surface area (Å²) in [5.74, 6) is -0.382. The molecule has 7 heteroatoms. The van der Waals surface area contributed by atoms with Crippen LogP contribution < -0.4 is 11.1 Å². The number of aromatic nitrogens is 1. The lowest BCUT2D eigenvalue weighted by atomic mass is 10.1. The van der Waals surface area contributed by atoms with Crippen LogP contribution in [-0.4, -0.2) is 41.8 Å². The number of benzene rings is 1. The summed E-state index contributed by atoms with van der Waals surface area (Å²) in [6, 6.07) is 5.45. The van der Waals surface area contributed by atoms with Gasteiger partial charge in [-0.25, -0.2) is 9.37 Å².